The monoisotopic (exact) mass is 644 g/mol. The van der Waals surface area contributed by atoms with Gasteiger partial charge >= 0.3 is 5.97 Å². The van der Waals surface area contributed by atoms with Crippen LogP contribution >= 0.6 is 0 Å². The van der Waals surface area contributed by atoms with Gasteiger partial charge in [0.1, 0.15) is 21.4 Å². The Morgan fingerprint density at radius 3 is 1.53 bits per heavy atom. The molecule has 0 aliphatic heterocycles. The smallest absolute Gasteiger partial charge is 0.306 e. The van der Waals surface area contributed by atoms with Gasteiger partial charge < -0.3 is 29.8 Å². The van der Waals surface area contributed by atoms with Crippen LogP contribution in [-0.4, -0.2) is 111 Å². The van der Waals surface area contributed by atoms with Crippen molar-refractivity contribution in [2.75, 3.05) is 80.2 Å². The van der Waals surface area contributed by atoms with E-state index in [-0.39, 0.29) is 17.5 Å². The van der Waals surface area contributed by atoms with Gasteiger partial charge in [-0.15, -0.1) is 0 Å². The third kappa shape index (κ3) is 92.3. The third-order valence-corrected chi connectivity index (χ3v) is 5.84. The van der Waals surface area contributed by atoms with E-state index in [4.69, 9.17) is 4.74 Å². The number of ketones is 2. The Morgan fingerprint density at radius 1 is 0.791 bits per heavy atom. The lowest BCUT2D eigenvalue weighted by atomic mass is 10.2. The van der Waals surface area contributed by atoms with Gasteiger partial charge in [-0.3, -0.25) is 9.59 Å². The number of sulfone groups is 1. The highest BCUT2D eigenvalue weighted by Gasteiger charge is 1.99. The highest BCUT2D eigenvalue weighted by molar-refractivity contribution is 7.90. The zero-order valence-electron chi connectivity index (χ0n) is 30.5. The maximum Gasteiger partial charge on any atom is 0.306 e. The molecule has 0 aromatic carbocycles. The summed E-state index contributed by atoms with van der Waals surface area (Å²) in [5.74, 6) is 0.754. The van der Waals surface area contributed by atoms with Crippen molar-refractivity contribution in [2.24, 2.45) is 0 Å². The quantitative estimate of drug-likeness (QED) is 0.149. The van der Waals surface area contributed by atoms with Gasteiger partial charge in [0.25, 0.3) is 0 Å². The second-order valence-electron chi connectivity index (χ2n) is 10.0. The van der Waals surface area contributed by atoms with E-state index in [1.165, 1.54) is 39.0 Å². The summed E-state index contributed by atoms with van der Waals surface area (Å²) in [5, 5.41) is 5.99. The zero-order chi connectivity index (χ0) is 35.0. The molecule has 11 heteroatoms. The number of carbonyl (C=O) groups is 3. The van der Waals surface area contributed by atoms with Crippen LogP contribution < -0.4 is 10.6 Å². The first-order valence-electron chi connectivity index (χ1n) is 15.9. The Morgan fingerprint density at radius 2 is 1.33 bits per heavy atom. The largest absolute Gasteiger partial charge is 0.469 e. The summed E-state index contributed by atoms with van der Waals surface area (Å²) in [7, 11) is 6.19. The molecule has 10 nitrogen and oxygen atoms in total. The Balaban J connectivity index is -0.0000000964. The van der Waals surface area contributed by atoms with Gasteiger partial charge in [-0.1, -0.05) is 54.4 Å². The summed E-state index contributed by atoms with van der Waals surface area (Å²) < 4.78 is 30.1. The average Bonchev–Trinajstić information content (AvgIpc) is 2.94. The van der Waals surface area contributed by atoms with Gasteiger partial charge in [0, 0.05) is 52.3 Å². The first-order chi connectivity index (χ1) is 20.1. The van der Waals surface area contributed by atoms with Gasteiger partial charge in [0.05, 0.1) is 19.3 Å². The molecule has 0 spiro atoms. The standard InChI is InChI=1S/C6H13NO2.C6H12O.C5H13NO2S.C5H13N.C5H12O.C5H10O/c1-7(2)5-4-6(8)9-3;1-3-5-6(7)4-2;1-3-6-4-5-9(2,7)8;2*1-3-4-5-6-2;1-3-4-5(2)6/h4-5H2,1-3H3;3-5H2,1-2H3;6H,3-5H2,1-2H3;6H,3-5H2,1-2H3;3-5H2,1-2H3;3-4H2,1-2H3. The van der Waals surface area contributed by atoms with Crippen LogP contribution in [0.15, 0.2) is 0 Å². The van der Waals surface area contributed by atoms with Crippen molar-refractivity contribution in [1.82, 2.24) is 15.5 Å². The molecule has 0 fully saturated rings. The fourth-order valence-electron chi connectivity index (χ4n) is 2.30. The Bertz CT molecular complexity index is 643. The molecule has 2 N–H and O–H groups in total. The number of nitrogens with one attached hydrogen (secondary N) is 2. The highest BCUT2D eigenvalue weighted by Crippen LogP contribution is 1.91. The predicted molar refractivity (Wildman–Crippen MR) is 185 cm³/mol. The molecule has 0 rings (SSSR count). The van der Waals surface area contributed by atoms with Crippen LogP contribution in [0.5, 0.6) is 0 Å². The van der Waals surface area contributed by atoms with Gasteiger partial charge in [-0.05, 0) is 66.8 Å². The molecule has 0 heterocycles. The molecule has 0 saturated carbocycles. The molecule has 0 amide bonds. The molecule has 0 aliphatic rings. The maximum absolute atomic E-state index is 10.5. The fraction of sp³-hybridized carbons (Fsp3) is 0.906. The Labute approximate surface area is 267 Å². The predicted octanol–water partition coefficient (Wildman–Crippen LogP) is 5.33. The molecule has 0 radical (unpaired) electrons. The van der Waals surface area contributed by atoms with Gasteiger partial charge in [-0.2, -0.15) is 0 Å². The minimum absolute atomic E-state index is 0.149. The number of nitrogens with zero attached hydrogens (tertiary/aromatic N) is 1. The summed E-state index contributed by atoms with van der Waals surface area (Å²) in [6, 6.07) is 0. The van der Waals surface area contributed by atoms with Crippen LogP contribution in [0.1, 0.15) is 113 Å². The van der Waals surface area contributed by atoms with Crippen LogP contribution in [0.4, 0.5) is 0 Å². The summed E-state index contributed by atoms with van der Waals surface area (Å²) in [6.45, 7) is 18.1. The van der Waals surface area contributed by atoms with Crippen molar-refractivity contribution in [3.05, 3.63) is 0 Å². The molecule has 264 valence electrons. The lowest BCUT2D eigenvalue weighted by Gasteiger charge is -2.06. The van der Waals surface area contributed by atoms with E-state index in [2.05, 4.69) is 29.2 Å². The second-order valence-corrected chi connectivity index (χ2v) is 12.3. The average molecular weight is 644 g/mol. The van der Waals surface area contributed by atoms with Crippen LogP contribution in [0.25, 0.3) is 0 Å². The van der Waals surface area contributed by atoms with Gasteiger partial charge in [0.2, 0.25) is 0 Å². The van der Waals surface area contributed by atoms with Crippen molar-refractivity contribution < 1.29 is 32.3 Å². The van der Waals surface area contributed by atoms with Crippen LogP contribution in [0.2, 0.25) is 0 Å². The SMILES string of the molecule is CCCC(=O)CC.CCCC(C)=O.CCCCNC.CCCCOC.CCNCCS(C)(=O)=O.COC(=O)CCN(C)C. The van der Waals surface area contributed by atoms with Crippen molar-refractivity contribution in [1.29, 1.82) is 0 Å². The molecule has 43 heavy (non-hydrogen) atoms. The van der Waals surface area contributed by atoms with Crippen molar-refractivity contribution in [3.63, 3.8) is 0 Å². The number of rotatable bonds is 18. The number of hydrogen-bond acceptors (Lipinski definition) is 10. The van der Waals surface area contributed by atoms with E-state index in [9.17, 15) is 22.8 Å². The minimum atomic E-state index is -2.76. The molecular weight excluding hydrogens is 570 g/mol. The molecule has 0 saturated heterocycles. The number of ether oxygens (including phenoxy) is 2. The molecule has 0 unspecified atom stereocenters. The van der Waals surface area contributed by atoms with E-state index in [0.29, 0.717) is 25.2 Å². The second kappa shape index (κ2) is 47.5. The third-order valence-electron chi connectivity index (χ3n) is 4.90. The zero-order valence-corrected chi connectivity index (χ0v) is 31.3. The van der Waals surface area contributed by atoms with Gasteiger partial charge in [0.15, 0.2) is 0 Å². The van der Waals surface area contributed by atoms with Crippen LogP contribution in [0, 0.1) is 0 Å². The number of unbranched alkanes of at least 4 members (excludes halogenated alkanes) is 2. The van der Waals surface area contributed by atoms with E-state index in [0.717, 1.165) is 51.9 Å². The molecular formula is C32H73N3O7S. The maximum atomic E-state index is 10.5. The first-order valence-corrected chi connectivity index (χ1v) is 17.9. The molecule has 0 aliphatic carbocycles. The first kappa shape index (κ1) is 54.1. The molecule has 0 atom stereocenters. The lowest BCUT2D eigenvalue weighted by molar-refractivity contribution is -0.140. The summed E-state index contributed by atoms with van der Waals surface area (Å²) >= 11 is 0. The minimum Gasteiger partial charge on any atom is -0.469 e. The molecule has 0 bridgehead atoms. The number of esters is 1. The Hall–Kier alpha value is -1.40. The van der Waals surface area contributed by atoms with Crippen molar-refractivity contribution in [2.45, 2.75) is 113 Å². The number of methoxy groups -OCH3 is 2. The summed E-state index contributed by atoms with van der Waals surface area (Å²) in [4.78, 5) is 32.9. The summed E-state index contributed by atoms with van der Waals surface area (Å²) in [6.07, 6.45) is 10.9. The van der Waals surface area contributed by atoms with E-state index >= 15 is 0 Å². The van der Waals surface area contributed by atoms with Crippen LogP contribution in [-0.2, 0) is 33.7 Å². The van der Waals surface area contributed by atoms with E-state index in [1.807, 2.05) is 53.7 Å². The van der Waals surface area contributed by atoms with Crippen molar-refractivity contribution in [3.8, 4) is 0 Å². The summed E-state index contributed by atoms with van der Waals surface area (Å²) in [5.41, 5.74) is 0. The lowest BCUT2D eigenvalue weighted by Crippen LogP contribution is -2.21. The molecule has 0 aromatic heterocycles. The number of Topliss-reactive ketones (excluding diaryl/α,β-unsaturated/α-hetero) is 2. The van der Waals surface area contributed by atoms with E-state index in [1.54, 1.807) is 14.0 Å². The Kier molecular flexibility index (Phi) is 59.8. The highest BCUT2D eigenvalue weighted by atomic mass is 32.2. The normalized spacial score (nSPS) is 9.63. The van der Waals surface area contributed by atoms with E-state index < -0.39 is 9.84 Å². The number of hydrogen-bond donors (Lipinski definition) is 2. The van der Waals surface area contributed by atoms with Crippen LogP contribution in [0.3, 0.4) is 0 Å². The van der Waals surface area contributed by atoms with Crippen molar-refractivity contribution >= 4 is 27.4 Å². The molecule has 0 aromatic rings. The number of carbonyl (C=O) groups excluding carboxylic acids is 3. The fourth-order valence-corrected chi connectivity index (χ4v) is 2.82. The van der Waals surface area contributed by atoms with Gasteiger partial charge in [-0.25, -0.2) is 8.42 Å². The topological polar surface area (TPSA) is 131 Å².